The zero-order chi connectivity index (χ0) is 17.0. The Labute approximate surface area is 144 Å². The normalized spacial score (nSPS) is 11.1. The van der Waals surface area contributed by atoms with Crippen molar-refractivity contribution in [2.45, 2.75) is 11.4 Å². The lowest BCUT2D eigenvalue weighted by molar-refractivity contribution is 0.581. The Morgan fingerprint density at radius 3 is 2.50 bits per heavy atom. The van der Waals surface area contributed by atoms with Gasteiger partial charge in [0.15, 0.2) is 5.69 Å². The first-order valence-electron chi connectivity index (χ1n) is 7.09. The first-order chi connectivity index (χ1) is 11.6. The molecule has 3 aromatic rings. The van der Waals surface area contributed by atoms with Crippen LogP contribution in [0.4, 0.5) is 0 Å². The summed E-state index contributed by atoms with van der Waals surface area (Å²) in [6, 6.07) is 18.1. The number of benzene rings is 2. The van der Waals surface area contributed by atoms with Gasteiger partial charge in [0.2, 0.25) is 10.0 Å². The molecule has 0 saturated heterocycles. The van der Waals surface area contributed by atoms with Gasteiger partial charge in [-0.25, -0.2) is 18.1 Å². The van der Waals surface area contributed by atoms with Crippen LogP contribution < -0.4 is 4.72 Å². The summed E-state index contributed by atoms with van der Waals surface area (Å²) >= 11 is 1.25. The van der Waals surface area contributed by atoms with E-state index in [1.54, 1.807) is 29.6 Å². The molecule has 0 amide bonds. The molecule has 7 heteroatoms. The third kappa shape index (κ3) is 3.51. The molecule has 0 bridgehead atoms. The Balaban J connectivity index is 1.89. The Morgan fingerprint density at radius 2 is 1.79 bits per heavy atom. The molecule has 0 atom stereocenters. The summed E-state index contributed by atoms with van der Waals surface area (Å²) in [5.41, 5.74) is 1.76. The van der Waals surface area contributed by atoms with Gasteiger partial charge in [0.25, 0.3) is 0 Å². The van der Waals surface area contributed by atoms with Gasteiger partial charge in [0.05, 0.1) is 11.4 Å². The summed E-state index contributed by atoms with van der Waals surface area (Å²) in [5, 5.41) is 10.9. The maximum absolute atomic E-state index is 12.7. The average Bonchev–Trinajstić information content (AvgIpc) is 3.09. The van der Waals surface area contributed by atoms with E-state index in [2.05, 4.69) is 9.71 Å². The molecule has 5 nitrogen and oxygen atoms in total. The van der Waals surface area contributed by atoms with Crippen LogP contribution in [0.2, 0.25) is 0 Å². The molecular formula is C17H13N3O2S2. The van der Waals surface area contributed by atoms with Crippen molar-refractivity contribution < 1.29 is 8.42 Å². The molecule has 0 saturated carbocycles. The standard InChI is InChI=1S/C17H13N3O2S2/c18-10-14-12-23-17(20-14)11-19-24(21,22)16-9-5-4-8-15(16)13-6-2-1-3-7-13/h1-9,12,19H,11H2. The predicted molar refractivity (Wildman–Crippen MR) is 92.7 cm³/mol. The van der Waals surface area contributed by atoms with Crippen molar-refractivity contribution in [1.82, 2.24) is 9.71 Å². The van der Waals surface area contributed by atoms with E-state index in [9.17, 15) is 8.42 Å². The van der Waals surface area contributed by atoms with Crippen LogP contribution in [-0.4, -0.2) is 13.4 Å². The van der Waals surface area contributed by atoms with Gasteiger partial charge >= 0.3 is 0 Å². The van der Waals surface area contributed by atoms with Gasteiger partial charge < -0.3 is 0 Å². The zero-order valence-electron chi connectivity index (χ0n) is 12.5. The molecular weight excluding hydrogens is 342 g/mol. The fraction of sp³-hybridized carbons (Fsp3) is 0.0588. The molecule has 1 N–H and O–H groups in total. The van der Waals surface area contributed by atoms with Gasteiger partial charge in [0, 0.05) is 10.9 Å². The highest BCUT2D eigenvalue weighted by molar-refractivity contribution is 7.89. The van der Waals surface area contributed by atoms with E-state index >= 15 is 0 Å². The maximum Gasteiger partial charge on any atom is 0.241 e. The first-order valence-corrected chi connectivity index (χ1v) is 9.45. The van der Waals surface area contributed by atoms with Crippen LogP contribution in [0.15, 0.2) is 64.9 Å². The monoisotopic (exact) mass is 355 g/mol. The van der Waals surface area contributed by atoms with Crippen LogP contribution in [0.25, 0.3) is 11.1 Å². The fourth-order valence-corrected chi connectivity index (χ4v) is 4.20. The van der Waals surface area contributed by atoms with Gasteiger partial charge in [-0.15, -0.1) is 11.3 Å². The number of hydrogen-bond donors (Lipinski definition) is 1. The van der Waals surface area contributed by atoms with E-state index in [1.807, 2.05) is 36.4 Å². The largest absolute Gasteiger partial charge is 0.241 e. The van der Waals surface area contributed by atoms with Gasteiger partial charge in [0.1, 0.15) is 11.1 Å². The minimum Gasteiger partial charge on any atom is -0.229 e. The summed E-state index contributed by atoms with van der Waals surface area (Å²) < 4.78 is 27.9. The second kappa shape index (κ2) is 6.93. The predicted octanol–water partition coefficient (Wildman–Crippen LogP) is 3.16. The summed E-state index contributed by atoms with van der Waals surface area (Å²) in [6.07, 6.45) is 0. The Morgan fingerprint density at radius 1 is 1.08 bits per heavy atom. The van der Waals surface area contributed by atoms with Gasteiger partial charge in [-0.2, -0.15) is 5.26 Å². The Kier molecular flexibility index (Phi) is 4.71. The second-order valence-electron chi connectivity index (χ2n) is 4.93. The topological polar surface area (TPSA) is 82.9 Å². The number of nitrogens with zero attached hydrogens (tertiary/aromatic N) is 2. The third-order valence-corrected chi connectivity index (χ3v) is 5.65. The zero-order valence-corrected chi connectivity index (χ0v) is 14.1. The highest BCUT2D eigenvalue weighted by Crippen LogP contribution is 2.27. The second-order valence-corrected chi connectivity index (χ2v) is 7.60. The number of nitrogens with one attached hydrogen (secondary N) is 1. The summed E-state index contributed by atoms with van der Waals surface area (Å²) in [7, 11) is -3.70. The van der Waals surface area contributed by atoms with Gasteiger partial charge in [-0.3, -0.25) is 0 Å². The van der Waals surface area contributed by atoms with Crippen LogP contribution >= 0.6 is 11.3 Å². The van der Waals surface area contributed by atoms with E-state index in [1.165, 1.54) is 11.3 Å². The van der Waals surface area contributed by atoms with Crippen molar-refractivity contribution >= 4 is 21.4 Å². The number of hydrogen-bond acceptors (Lipinski definition) is 5. The number of nitriles is 1. The quantitative estimate of drug-likeness (QED) is 0.762. The van der Waals surface area contributed by atoms with Crippen molar-refractivity contribution in [2.75, 3.05) is 0 Å². The Bertz CT molecular complexity index is 990. The lowest BCUT2D eigenvalue weighted by atomic mass is 10.1. The van der Waals surface area contributed by atoms with Crippen LogP contribution in [0.3, 0.4) is 0 Å². The van der Waals surface area contributed by atoms with Crippen molar-refractivity contribution in [3.8, 4) is 17.2 Å². The molecule has 0 fully saturated rings. The molecule has 0 aliphatic heterocycles. The van der Waals surface area contributed by atoms with Gasteiger partial charge in [-0.05, 0) is 11.6 Å². The maximum atomic E-state index is 12.7. The smallest absolute Gasteiger partial charge is 0.229 e. The lowest BCUT2D eigenvalue weighted by Crippen LogP contribution is -2.23. The molecule has 0 unspecified atom stereocenters. The van der Waals surface area contributed by atoms with Crippen molar-refractivity contribution in [3.63, 3.8) is 0 Å². The SMILES string of the molecule is N#Cc1csc(CNS(=O)(=O)c2ccccc2-c2ccccc2)n1. The average molecular weight is 355 g/mol. The van der Waals surface area contributed by atoms with Crippen LogP contribution in [0.5, 0.6) is 0 Å². The molecule has 0 aliphatic carbocycles. The fourth-order valence-electron chi connectivity index (χ4n) is 2.24. The van der Waals surface area contributed by atoms with Crippen molar-refractivity contribution in [3.05, 3.63) is 70.7 Å². The van der Waals surface area contributed by atoms with Crippen LogP contribution in [0, 0.1) is 11.3 Å². The Hall–Kier alpha value is -2.53. The van der Waals surface area contributed by atoms with Gasteiger partial charge in [-0.1, -0.05) is 48.5 Å². The van der Waals surface area contributed by atoms with E-state index in [0.717, 1.165) is 5.56 Å². The highest BCUT2D eigenvalue weighted by Gasteiger charge is 2.19. The summed E-state index contributed by atoms with van der Waals surface area (Å²) in [6.45, 7) is 0.0534. The van der Waals surface area contributed by atoms with E-state index in [-0.39, 0.29) is 11.4 Å². The molecule has 3 rings (SSSR count). The van der Waals surface area contributed by atoms with Crippen molar-refractivity contribution in [2.24, 2.45) is 0 Å². The number of aromatic nitrogens is 1. The van der Waals surface area contributed by atoms with E-state index in [4.69, 9.17) is 5.26 Å². The number of rotatable bonds is 5. The van der Waals surface area contributed by atoms with Crippen LogP contribution in [0.1, 0.15) is 10.7 Å². The molecule has 2 aromatic carbocycles. The third-order valence-electron chi connectivity index (χ3n) is 3.34. The summed E-state index contributed by atoms with van der Waals surface area (Å²) in [4.78, 5) is 4.25. The first kappa shape index (κ1) is 16.3. The molecule has 24 heavy (non-hydrogen) atoms. The molecule has 0 aliphatic rings. The van der Waals surface area contributed by atoms with Crippen LogP contribution in [-0.2, 0) is 16.6 Å². The lowest BCUT2D eigenvalue weighted by Gasteiger charge is -2.11. The minimum atomic E-state index is -3.70. The molecule has 120 valence electrons. The van der Waals surface area contributed by atoms with Crippen molar-refractivity contribution in [1.29, 1.82) is 5.26 Å². The molecule has 1 aromatic heterocycles. The van der Waals surface area contributed by atoms with E-state index in [0.29, 0.717) is 16.3 Å². The molecule has 0 radical (unpaired) electrons. The molecule has 1 heterocycles. The number of thiazole rings is 1. The molecule has 0 spiro atoms. The minimum absolute atomic E-state index is 0.0534. The summed E-state index contributed by atoms with van der Waals surface area (Å²) in [5.74, 6) is 0. The highest BCUT2D eigenvalue weighted by atomic mass is 32.2. The number of sulfonamides is 1. The van der Waals surface area contributed by atoms with E-state index < -0.39 is 10.0 Å².